The molecule has 0 radical (unpaired) electrons. The maximum atomic E-state index is 13.4. The maximum absolute atomic E-state index is 13.4. The molecule has 0 unspecified atom stereocenters. The number of anilines is 2. The van der Waals surface area contributed by atoms with E-state index < -0.39 is 0 Å². The molecule has 0 bridgehead atoms. The van der Waals surface area contributed by atoms with Crippen molar-refractivity contribution in [1.82, 2.24) is 24.7 Å². The molecule has 3 heterocycles. The Kier molecular flexibility index (Phi) is 5.55. The van der Waals surface area contributed by atoms with Gasteiger partial charge in [0.15, 0.2) is 5.82 Å². The van der Waals surface area contributed by atoms with E-state index in [0.29, 0.717) is 6.54 Å². The van der Waals surface area contributed by atoms with E-state index in [1.165, 1.54) is 23.5 Å². The number of benzene rings is 3. The Morgan fingerprint density at radius 3 is 2.46 bits per heavy atom. The van der Waals surface area contributed by atoms with Crippen LogP contribution in [-0.2, 0) is 6.54 Å². The summed E-state index contributed by atoms with van der Waals surface area (Å²) in [5.41, 5.74) is 4.67. The summed E-state index contributed by atoms with van der Waals surface area (Å²) in [6, 6.07) is 24.4. The van der Waals surface area contributed by atoms with Crippen LogP contribution in [0.15, 0.2) is 78.9 Å². The molecule has 1 N–H and O–H groups in total. The number of aryl methyl sites for hydroxylation is 1. The second-order valence-corrected chi connectivity index (χ2v) is 10.0. The Hall–Kier alpha value is -3.95. The molecule has 6 rings (SSSR count). The number of rotatable bonds is 6. The van der Waals surface area contributed by atoms with Crippen molar-refractivity contribution in [3.63, 3.8) is 0 Å². The van der Waals surface area contributed by atoms with Crippen molar-refractivity contribution >= 4 is 44.5 Å². The number of thiazole rings is 1. The quantitative estimate of drug-likeness (QED) is 0.270. The van der Waals surface area contributed by atoms with E-state index in [-0.39, 0.29) is 5.82 Å². The van der Waals surface area contributed by atoms with Gasteiger partial charge in [0.25, 0.3) is 0 Å². The van der Waals surface area contributed by atoms with Crippen LogP contribution in [0.2, 0.25) is 0 Å². The normalized spacial score (nSPS) is 11.3. The van der Waals surface area contributed by atoms with Crippen LogP contribution in [-0.4, -0.2) is 24.7 Å². The Balaban J connectivity index is 1.37. The highest BCUT2D eigenvalue weighted by molar-refractivity contribution is 7.18. The molecule has 6 nitrogen and oxygen atoms in total. The average Bonchev–Trinajstić information content (AvgIpc) is 3.58. The van der Waals surface area contributed by atoms with Crippen LogP contribution in [0.3, 0.4) is 0 Å². The Morgan fingerprint density at radius 1 is 0.857 bits per heavy atom. The van der Waals surface area contributed by atoms with Crippen molar-refractivity contribution in [3.05, 3.63) is 95.4 Å². The van der Waals surface area contributed by atoms with E-state index in [9.17, 15) is 4.39 Å². The number of nitrogens with one attached hydrogen (secondary N) is 1. The summed E-state index contributed by atoms with van der Waals surface area (Å²) in [6.07, 6.45) is 0. The SMILES string of the molecule is Cc1nc(-c2ccc(F)cc2)sc1-c1nc2ccccc2n1Cc1nnc(Nc2ccccc2)s1. The van der Waals surface area contributed by atoms with E-state index in [0.717, 1.165) is 53.8 Å². The molecule has 0 spiro atoms. The summed E-state index contributed by atoms with van der Waals surface area (Å²) in [4.78, 5) is 10.7. The Labute approximate surface area is 208 Å². The summed E-state index contributed by atoms with van der Waals surface area (Å²) in [5, 5.41) is 14.5. The van der Waals surface area contributed by atoms with Crippen LogP contribution in [0.5, 0.6) is 0 Å². The number of halogens is 1. The van der Waals surface area contributed by atoms with Crippen molar-refractivity contribution in [2.75, 3.05) is 5.32 Å². The smallest absolute Gasteiger partial charge is 0.210 e. The van der Waals surface area contributed by atoms with Gasteiger partial charge in [0, 0.05) is 11.3 Å². The van der Waals surface area contributed by atoms with Crippen LogP contribution in [0, 0.1) is 12.7 Å². The highest BCUT2D eigenvalue weighted by Crippen LogP contribution is 2.37. The number of aromatic nitrogens is 5. The fourth-order valence-corrected chi connectivity index (χ4v) is 5.70. The van der Waals surface area contributed by atoms with Gasteiger partial charge in [-0.2, -0.15) is 0 Å². The maximum Gasteiger partial charge on any atom is 0.210 e. The number of nitrogens with zero attached hydrogens (tertiary/aromatic N) is 5. The second-order valence-electron chi connectivity index (χ2n) is 7.94. The van der Waals surface area contributed by atoms with Crippen molar-refractivity contribution in [2.45, 2.75) is 13.5 Å². The standard InChI is InChI=1S/C26H19FN6S2/c1-16-23(35-25(28-16)17-11-13-18(27)14-12-17)24-30-20-9-5-6-10-21(20)33(24)15-22-31-32-26(34-22)29-19-7-3-2-4-8-19/h2-14H,15H2,1H3,(H,29,32). The van der Waals surface area contributed by atoms with Gasteiger partial charge in [0.05, 0.1) is 28.1 Å². The van der Waals surface area contributed by atoms with Gasteiger partial charge in [0.2, 0.25) is 5.13 Å². The van der Waals surface area contributed by atoms with Gasteiger partial charge < -0.3 is 9.88 Å². The zero-order valence-electron chi connectivity index (χ0n) is 18.6. The molecular weight excluding hydrogens is 479 g/mol. The van der Waals surface area contributed by atoms with E-state index >= 15 is 0 Å². The molecule has 172 valence electrons. The van der Waals surface area contributed by atoms with Gasteiger partial charge >= 0.3 is 0 Å². The third kappa shape index (κ3) is 4.31. The van der Waals surface area contributed by atoms with Gasteiger partial charge in [-0.15, -0.1) is 21.5 Å². The highest BCUT2D eigenvalue weighted by Gasteiger charge is 2.20. The zero-order valence-corrected chi connectivity index (χ0v) is 20.3. The lowest BCUT2D eigenvalue weighted by atomic mass is 10.2. The fraction of sp³-hybridized carbons (Fsp3) is 0.0769. The number of para-hydroxylation sites is 3. The lowest BCUT2D eigenvalue weighted by Gasteiger charge is -2.06. The lowest BCUT2D eigenvalue weighted by molar-refractivity contribution is 0.628. The first-order valence-corrected chi connectivity index (χ1v) is 12.6. The molecule has 0 aliphatic carbocycles. The van der Waals surface area contributed by atoms with E-state index in [2.05, 4.69) is 26.1 Å². The zero-order chi connectivity index (χ0) is 23.8. The predicted octanol–water partition coefficient (Wildman–Crippen LogP) is 6.92. The van der Waals surface area contributed by atoms with Crippen molar-refractivity contribution in [1.29, 1.82) is 0 Å². The number of fused-ring (bicyclic) bond motifs is 1. The first-order chi connectivity index (χ1) is 17.1. The van der Waals surface area contributed by atoms with Crippen molar-refractivity contribution in [3.8, 4) is 21.3 Å². The van der Waals surface area contributed by atoms with Gasteiger partial charge in [-0.3, -0.25) is 0 Å². The lowest BCUT2D eigenvalue weighted by Crippen LogP contribution is -2.02. The van der Waals surface area contributed by atoms with Gasteiger partial charge in [-0.05, 0) is 55.5 Å². The van der Waals surface area contributed by atoms with Crippen LogP contribution in [0.1, 0.15) is 10.7 Å². The fourth-order valence-electron chi connectivity index (χ4n) is 3.88. The molecule has 0 amide bonds. The molecule has 35 heavy (non-hydrogen) atoms. The Morgan fingerprint density at radius 2 is 1.63 bits per heavy atom. The van der Waals surface area contributed by atoms with Gasteiger partial charge in [-0.25, -0.2) is 14.4 Å². The molecule has 0 fully saturated rings. The van der Waals surface area contributed by atoms with E-state index in [1.54, 1.807) is 23.5 Å². The monoisotopic (exact) mass is 498 g/mol. The third-order valence-corrected chi connectivity index (χ3v) is 7.56. The first kappa shape index (κ1) is 21.6. The van der Waals surface area contributed by atoms with Crippen LogP contribution in [0.4, 0.5) is 15.2 Å². The first-order valence-electron chi connectivity index (χ1n) is 11.0. The highest BCUT2D eigenvalue weighted by atomic mass is 32.1. The Bertz CT molecular complexity index is 1620. The summed E-state index contributed by atoms with van der Waals surface area (Å²) < 4.78 is 15.6. The molecule has 0 atom stereocenters. The number of hydrogen-bond acceptors (Lipinski definition) is 7. The summed E-state index contributed by atoms with van der Waals surface area (Å²) in [7, 11) is 0. The minimum atomic E-state index is -0.262. The van der Waals surface area contributed by atoms with E-state index in [1.807, 2.05) is 55.5 Å². The molecular formula is C26H19FN6S2. The van der Waals surface area contributed by atoms with Gasteiger partial charge in [-0.1, -0.05) is 41.7 Å². The molecule has 0 aliphatic rings. The summed E-state index contributed by atoms with van der Waals surface area (Å²) >= 11 is 3.07. The molecule has 0 aliphatic heterocycles. The average molecular weight is 499 g/mol. The third-order valence-electron chi connectivity index (χ3n) is 5.53. The molecule has 9 heteroatoms. The van der Waals surface area contributed by atoms with Crippen molar-refractivity contribution < 1.29 is 4.39 Å². The molecule has 0 saturated carbocycles. The van der Waals surface area contributed by atoms with E-state index in [4.69, 9.17) is 9.97 Å². The molecule has 6 aromatic rings. The van der Waals surface area contributed by atoms with Crippen LogP contribution >= 0.6 is 22.7 Å². The topological polar surface area (TPSA) is 68.5 Å². The minimum absolute atomic E-state index is 0.262. The number of hydrogen-bond donors (Lipinski definition) is 1. The minimum Gasteiger partial charge on any atom is -0.330 e. The largest absolute Gasteiger partial charge is 0.330 e. The van der Waals surface area contributed by atoms with Crippen LogP contribution in [0.25, 0.3) is 32.3 Å². The van der Waals surface area contributed by atoms with Gasteiger partial charge in [0.1, 0.15) is 15.8 Å². The number of imidazole rings is 1. The molecule has 3 aromatic carbocycles. The molecule has 3 aromatic heterocycles. The summed E-state index contributed by atoms with van der Waals surface area (Å²) in [6.45, 7) is 2.52. The second kappa shape index (κ2) is 9.01. The summed E-state index contributed by atoms with van der Waals surface area (Å²) in [5.74, 6) is 0.574. The van der Waals surface area contributed by atoms with Crippen molar-refractivity contribution in [2.24, 2.45) is 0 Å². The predicted molar refractivity (Wildman–Crippen MR) is 140 cm³/mol. The molecule has 0 saturated heterocycles. The van der Waals surface area contributed by atoms with Crippen LogP contribution < -0.4 is 5.32 Å².